The van der Waals surface area contributed by atoms with E-state index in [4.69, 9.17) is 16.2 Å². The Labute approximate surface area is 106 Å². The third-order valence-corrected chi connectivity index (χ3v) is 2.55. The first-order chi connectivity index (χ1) is 8.41. The Morgan fingerprint density at radius 3 is 2.67 bits per heavy atom. The molecule has 18 heavy (non-hydrogen) atoms. The van der Waals surface area contributed by atoms with Crippen LogP contribution in [0.4, 0.5) is 10.1 Å². The van der Waals surface area contributed by atoms with E-state index in [9.17, 15) is 9.18 Å². The van der Waals surface area contributed by atoms with Gasteiger partial charge in [-0.2, -0.15) is 0 Å². The largest absolute Gasteiger partial charge is 0.490 e. The molecule has 0 fully saturated rings. The van der Waals surface area contributed by atoms with E-state index >= 15 is 0 Å². The first-order valence-electron chi connectivity index (χ1n) is 5.93. The van der Waals surface area contributed by atoms with E-state index in [1.165, 1.54) is 6.07 Å². The normalized spacial score (nSPS) is 10.7. The third-order valence-electron chi connectivity index (χ3n) is 2.55. The van der Waals surface area contributed by atoms with E-state index in [1.54, 1.807) is 0 Å². The highest BCUT2D eigenvalue weighted by Crippen LogP contribution is 2.24. The number of carbonyl (C=O) groups is 1. The van der Waals surface area contributed by atoms with Crippen molar-refractivity contribution in [3.05, 3.63) is 23.5 Å². The summed E-state index contributed by atoms with van der Waals surface area (Å²) in [6.07, 6.45) is 1.83. The number of nitrogens with two attached hydrogens (primary N) is 2. The maximum absolute atomic E-state index is 13.5. The van der Waals surface area contributed by atoms with E-state index in [-0.39, 0.29) is 17.0 Å². The molecule has 1 rings (SSSR count). The van der Waals surface area contributed by atoms with E-state index in [1.807, 2.05) is 0 Å². The predicted octanol–water partition coefficient (Wildman–Crippen LogP) is 2.32. The Morgan fingerprint density at radius 1 is 1.44 bits per heavy atom. The summed E-state index contributed by atoms with van der Waals surface area (Å²) in [6, 6.07) is 2.31. The second-order valence-electron chi connectivity index (χ2n) is 4.62. The molecule has 0 aliphatic heterocycles. The van der Waals surface area contributed by atoms with Crippen LogP contribution in [0.2, 0.25) is 0 Å². The van der Waals surface area contributed by atoms with Crippen molar-refractivity contribution in [3.63, 3.8) is 0 Å². The molecule has 0 unspecified atom stereocenters. The van der Waals surface area contributed by atoms with Crippen molar-refractivity contribution in [2.24, 2.45) is 11.7 Å². The van der Waals surface area contributed by atoms with Gasteiger partial charge in [-0.3, -0.25) is 4.79 Å². The molecule has 1 aromatic rings. The summed E-state index contributed by atoms with van der Waals surface area (Å²) in [6.45, 7) is 4.61. The van der Waals surface area contributed by atoms with Crippen LogP contribution >= 0.6 is 0 Å². The summed E-state index contributed by atoms with van der Waals surface area (Å²) in [5.41, 5.74) is 10.7. The number of nitrogen functional groups attached to an aromatic ring is 1. The Kier molecular flexibility index (Phi) is 4.95. The van der Waals surface area contributed by atoms with Gasteiger partial charge in [0.2, 0.25) is 0 Å². The van der Waals surface area contributed by atoms with E-state index in [0.717, 1.165) is 18.9 Å². The molecule has 4 nitrogen and oxygen atoms in total. The average Bonchev–Trinajstić information content (AvgIpc) is 2.25. The molecule has 4 N–H and O–H groups in total. The lowest BCUT2D eigenvalue weighted by Crippen LogP contribution is -2.14. The van der Waals surface area contributed by atoms with Gasteiger partial charge < -0.3 is 16.2 Å². The first kappa shape index (κ1) is 14.3. The molecule has 0 aliphatic carbocycles. The van der Waals surface area contributed by atoms with Crippen molar-refractivity contribution >= 4 is 11.6 Å². The van der Waals surface area contributed by atoms with Crippen LogP contribution in [-0.2, 0) is 0 Å². The summed E-state index contributed by atoms with van der Waals surface area (Å²) in [5, 5.41) is 0. The molecule has 0 atom stereocenters. The van der Waals surface area contributed by atoms with Crippen molar-refractivity contribution < 1.29 is 13.9 Å². The molecule has 5 heteroatoms. The lowest BCUT2D eigenvalue weighted by Gasteiger charge is -2.10. The number of halogens is 1. The zero-order chi connectivity index (χ0) is 13.7. The van der Waals surface area contributed by atoms with Crippen LogP contribution in [0.5, 0.6) is 5.75 Å². The molecule has 0 aliphatic rings. The summed E-state index contributed by atoms with van der Waals surface area (Å²) >= 11 is 0. The van der Waals surface area contributed by atoms with Crippen molar-refractivity contribution in [1.29, 1.82) is 0 Å². The molecule has 0 spiro atoms. The number of carbonyl (C=O) groups excluding carboxylic acids is 1. The van der Waals surface area contributed by atoms with Gasteiger partial charge in [0, 0.05) is 11.8 Å². The lowest BCUT2D eigenvalue weighted by atomic mass is 10.1. The molecule has 100 valence electrons. The van der Waals surface area contributed by atoms with Crippen LogP contribution in [0.15, 0.2) is 12.1 Å². The number of primary amides is 1. The lowest BCUT2D eigenvalue weighted by molar-refractivity contribution is 0.100. The minimum atomic E-state index is -0.695. The maximum Gasteiger partial charge on any atom is 0.250 e. The molecule has 0 bridgehead atoms. The second-order valence-corrected chi connectivity index (χ2v) is 4.62. The van der Waals surface area contributed by atoms with Gasteiger partial charge >= 0.3 is 0 Å². The molecule has 0 radical (unpaired) electrons. The van der Waals surface area contributed by atoms with Crippen molar-refractivity contribution in [3.8, 4) is 5.75 Å². The maximum atomic E-state index is 13.5. The highest BCUT2D eigenvalue weighted by molar-refractivity contribution is 5.98. The standard InChI is InChI=1S/C13H19FN2O2/c1-8(2)4-3-5-18-12-6-9(13(16)17)11(15)7-10(12)14/h6-8H,3-5,15H2,1-2H3,(H2,16,17). The zero-order valence-corrected chi connectivity index (χ0v) is 10.7. The van der Waals surface area contributed by atoms with Crippen LogP contribution in [0.3, 0.4) is 0 Å². The van der Waals surface area contributed by atoms with Gasteiger partial charge in [-0.1, -0.05) is 13.8 Å². The van der Waals surface area contributed by atoms with Crippen LogP contribution < -0.4 is 16.2 Å². The third kappa shape index (κ3) is 3.91. The quantitative estimate of drug-likeness (QED) is 0.604. The number of anilines is 1. The van der Waals surface area contributed by atoms with Gasteiger partial charge in [0.1, 0.15) is 0 Å². The Hall–Kier alpha value is -1.78. The number of amides is 1. The Balaban J connectivity index is 2.70. The molecule has 0 aromatic heterocycles. The SMILES string of the molecule is CC(C)CCCOc1cc(C(N)=O)c(N)cc1F. The topological polar surface area (TPSA) is 78.3 Å². The second kappa shape index (κ2) is 6.23. The number of ether oxygens (including phenoxy) is 1. The monoisotopic (exact) mass is 254 g/mol. The molecular formula is C13H19FN2O2. The van der Waals surface area contributed by atoms with E-state index in [0.29, 0.717) is 12.5 Å². The predicted molar refractivity (Wildman–Crippen MR) is 68.9 cm³/mol. The minimum absolute atomic E-state index is 0.0155. The fourth-order valence-electron chi connectivity index (χ4n) is 1.57. The van der Waals surface area contributed by atoms with E-state index in [2.05, 4.69) is 13.8 Å². The Morgan fingerprint density at radius 2 is 2.11 bits per heavy atom. The number of hydrogen-bond donors (Lipinski definition) is 2. The van der Waals surface area contributed by atoms with Crippen LogP contribution in [0.25, 0.3) is 0 Å². The number of hydrogen-bond acceptors (Lipinski definition) is 3. The molecular weight excluding hydrogens is 235 g/mol. The van der Waals surface area contributed by atoms with Crippen LogP contribution in [0, 0.1) is 11.7 Å². The molecule has 1 amide bonds. The van der Waals surface area contributed by atoms with Gasteiger partial charge in [-0.05, 0) is 24.8 Å². The van der Waals surface area contributed by atoms with Crippen molar-refractivity contribution in [2.45, 2.75) is 26.7 Å². The molecule has 0 saturated carbocycles. The first-order valence-corrected chi connectivity index (χ1v) is 5.93. The molecule has 0 heterocycles. The molecule has 0 saturated heterocycles. The summed E-state index contributed by atoms with van der Waals surface area (Å²) in [5.74, 6) is -0.686. The van der Waals surface area contributed by atoms with E-state index < -0.39 is 11.7 Å². The van der Waals surface area contributed by atoms with Gasteiger partial charge in [0.25, 0.3) is 5.91 Å². The Bertz CT molecular complexity index is 433. The average molecular weight is 254 g/mol. The number of rotatable bonds is 6. The smallest absolute Gasteiger partial charge is 0.250 e. The van der Waals surface area contributed by atoms with Gasteiger partial charge in [-0.15, -0.1) is 0 Å². The highest BCUT2D eigenvalue weighted by Gasteiger charge is 2.12. The fourth-order valence-corrected chi connectivity index (χ4v) is 1.57. The van der Waals surface area contributed by atoms with Crippen LogP contribution in [0.1, 0.15) is 37.0 Å². The van der Waals surface area contributed by atoms with Crippen molar-refractivity contribution in [1.82, 2.24) is 0 Å². The highest BCUT2D eigenvalue weighted by atomic mass is 19.1. The van der Waals surface area contributed by atoms with Gasteiger partial charge in [0.15, 0.2) is 11.6 Å². The molecule has 1 aromatic carbocycles. The fraction of sp³-hybridized carbons (Fsp3) is 0.462. The number of benzene rings is 1. The van der Waals surface area contributed by atoms with Crippen molar-refractivity contribution in [2.75, 3.05) is 12.3 Å². The minimum Gasteiger partial charge on any atom is -0.490 e. The van der Waals surface area contributed by atoms with Gasteiger partial charge in [0.05, 0.1) is 12.2 Å². The summed E-state index contributed by atoms with van der Waals surface area (Å²) < 4.78 is 18.8. The van der Waals surface area contributed by atoms with Gasteiger partial charge in [-0.25, -0.2) is 4.39 Å². The zero-order valence-electron chi connectivity index (χ0n) is 10.7. The summed E-state index contributed by atoms with van der Waals surface area (Å²) in [4.78, 5) is 11.1. The van der Waals surface area contributed by atoms with Crippen LogP contribution in [-0.4, -0.2) is 12.5 Å². The summed E-state index contributed by atoms with van der Waals surface area (Å²) in [7, 11) is 0.